The van der Waals surface area contributed by atoms with Crippen molar-refractivity contribution in [2.75, 3.05) is 32.9 Å². The zero-order valence-corrected chi connectivity index (χ0v) is 15.1. The molecule has 0 spiro atoms. The lowest BCUT2D eigenvalue weighted by Gasteiger charge is -2.51. The van der Waals surface area contributed by atoms with Crippen LogP contribution in [-0.4, -0.2) is 68.6 Å². The Kier molecular flexibility index (Phi) is 4.73. The van der Waals surface area contributed by atoms with E-state index in [1.807, 2.05) is 19.0 Å². The van der Waals surface area contributed by atoms with E-state index in [0.717, 1.165) is 45.1 Å². The average Bonchev–Trinajstić information content (AvgIpc) is 3.30. The van der Waals surface area contributed by atoms with Crippen molar-refractivity contribution in [3.8, 4) is 0 Å². The van der Waals surface area contributed by atoms with Gasteiger partial charge in [0, 0.05) is 25.2 Å². The fourth-order valence-corrected chi connectivity index (χ4v) is 6.44. The van der Waals surface area contributed by atoms with Gasteiger partial charge in [0.2, 0.25) is 15.9 Å². The van der Waals surface area contributed by atoms with Crippen LogP contribution in [0.4, 0.5) is 0 Å². The molecule has 3 fully saturated rings. The highest BCUT2D eigenvalue weighted by molar-refractivity contribution is 7.89. The summed E-state index contributed by atoms with van der Waals surface area (Å²) in [5.74, 6) is 0.200. The number of carbonyl (C=O) groups is 1. The lowest BCUT2D eigenvalue weighted by molar-refractivity contribution is -0.137. The van der Waals surface area contributed by atoms with Gasteiger partial charge < -0.3 is 10.2 Å². The standard InChI is InChI=1S/C16H29N3O3S/c1-18(2)11-10-17-15(20)16-8-4-3-5-14(16)19(13-6-7-13)23(21,22)12-9-16/h13-14H,3-12H2,1-2H3,(H,17,20)/t14-,16-/m1/s1. The number of carbonyl (C=O) groups excluding carboxylic acids is 1. The highest BCUT2D eigenvalue weighted by Crippen LogP contribution is 2.50. The van der Waals surface area contributed by atoms with E-state index >= 15 is 0 Å². The molecule has 2 aliphatic carbocycles. The summed E-state index contributed by atoms with van der Waals surface area (Å²) in [5.41, 5.74) is -0.502. The van der Waals surface area contributed by atoms with Crippen LogP contribution in [0, 0.1) is 5.41 Å². The van der Waals surface area contributed by atoms with Gasteiger partial charge >= 0.3 is 0 Å². The maximum absolute atomic E-state index is 13.0. The topological polar surface area (TPSA) is 69.7 Å². The molecule has 0 aromatic heterocycles. The predicted octanol–water partition coefficient (Wildman–Crippen LogP) is 0.791. The second kappa shape index (κ2) is 6.33. The minimum Gasteiger partial charge on any atom is -0.354 e. The lowest BCUT2D eigenvalue weighted by Crippen LogP contribution is -2.63. The fourth-order valence-electron chi connectivity index (χ4n) is 4.25. The van der Waals surface area contributed by atoms with E-state index in [1.54, 1.807) is 4.31 Å². The SMILES string of the molecule is CN(C)CCNC(=O)[C@@]12CCCC[C@H]1N(C1CC1)S(=O)(=O)CC2. The van der Waals surface area contributed by atoms with Crippen LogP contribution in [0.15, 0.2) is 0 Å². The number of rotatable bonds is 5. The van der Waals surface area contributed by atoms with Crippen LogP contribution in [0.1, 0.15) is 44.9 Å². The highest BCUT2D eigenvalue weighted by Gasteiger charge is 2.58. The first-order valence-electron chi connectivity index (χ1n) is 8.81. The lowest BCUT2D eigenvalue weighted by atomic mass is 9.67. The van der Waals surface area contributed by atoms with Crippen LogP contribution < -0.4 is 5.32 Å². The van der Waals surface area contributed by atoms with Crippen molar-refractivity contribution in [3.05, 3.63) is 0 Å². The number of likely N-dealkylation sites (N-methyl/N-ethyl adjacent to an activating group) is 1. The number of amides is 1. The Bertz CT molecular complexity index is 559. The van der Waals surface area contributed by atoms with Crippen molar-refractivity contribution in [2.45, 2.75) is 57.0 Å². The molecular weight excluding hydrogens is 314 g/mol. The number of nitrogens with one attached hydrogen (secondary N) is 1. The van der Waals surface area contributed by atoms with E-state index in [0.29, 0.717) is 13.0 Å². The second-order valence-corrected chi connectivity index (χ2v) is 9.60. The number of hydrogen-bond acceptors (Lipinski definition) is 4. The largest absolute Gasteiger partial charge is 0.354 e. The van der Waals surface area contributed by atoms with Gasteiger partial charge in [0.15, 0.2) is 0 Å². The Morgan fingerprint density at radius 3 is 2.61 bits per heavy atom. The molecule has 7 heteroatoms. The molecule has 0 radical (unpaired) electrons. The third kappa shape index (κ3) is 3.28. The molecule has 23 heavy (non-hydrogen) atoms. The third-order valence-electron chi connectivity index (χ3n) is 5.63. The van der Waals surface area contributed by atoms with Crippen LogP contribution >= 0.6 is 0 Å². The Morgan fingerprint density at radius 1 is 1.22 bits per heavy atom. The normalized spacial score (nSPS) is 34.1. The van der Waals surface area contributed by atoms with Crippen molar-refractivity contribution >= 4 is 15.9 Å². The van der Waals surface area contributed by atoms with Gasteiger partial charge in [-0.3, -0.25) is 4.79 Å². The van der Waals surface area contributed by atoms with Crippen molar-refractivity contribution in [3.63, 3.8) is 0 Å². The Labute approximate surface area is 139 Å². The summed E-state index contributed by atoms with van der Waals surface area (Å²) >= 11 is 0. The monoisotopic (exact) mass is 343 g/mol. The van der Waals surface area contributed by atoms with E-state index in [4.69, 9.17) is 0 Å². The Morgan fingerprint density at radius 2 is 1.96 bits per heavy atom. The van der Waals surface area contributed by atoms with Crippen LogP contribution in [0.3, 0.4) is 0 Å². The fraction of sp³-hybridized carbons (Fsp3) is 0.938. The molecule has 1 saturated heterocycles. The molecule has 6 nitrogen and oxygen atoms in total. The van der Waals surface area contributed by atoms with Crippen LogP contribution in [-0.2, 0) is 14.8 Å². The van der Waals surface area contributed by atoms with Crippen molar-refractivity contribution in [1.29, 1.82) is 0 Å². The number of fused-ring (bicyclic) bond motifs is 1. The molecule has 1 amide bonds. The number of hydrogen-bond donors (Lipinski definition) is 1. The number of nitrogens with zero attached hydrogens (tertiary/aromatic N) is 2. The van der Waals surface area contributed by atoms with Crippen molar-refractivity contribution < 1.29 is 13.2 Å². The first kappa shape index (κ1) is 17.2. The van der Waals surface area contributed by atoms with E-state index in [2.05, 4.69) is 5.32 Å². The molecule has 0 aromatic rings. The maximum atomic E-state index is 13.0. The van der Waals surface area contributed by atoms with Crippen LogP contribution in [0.25, 0.3) is 0 Å². The van der Waals surface area contributed by atoms with E-state index in [-0.39, 0.29) is 23.7 Å². The molecule has 1 N–H and O–H groups in total. The second-order valence-electron chi connectivity index (χ2n) is 7.60. The minimum absolute atomic E-state index is 0.0737. The van der Waals surface area contributed by atoms with E-state index in [1.165, 1.54) is 0 Å². The summed E-state index contributed by atoms with van der Waals surface area (Å²) < 4.78 is 26.9. The molecule has 2 saturated carbocycles. The molecule has 1 aliphatic heterocycles. The van der Waals surface area contributed by atoms with Crippen molar-refractivity contribution in [1.82, 2.24) is 14.5 Å². The smallest absolute Gasteiger partial charge is 0.227 e. The molecule has 1 heterocycles. The van der Waals surface area contributed by atoms with Gasteiger partial charge in [0.05, 0.1) is 11.2 Å². The Balaban J connectivity index is 1.81. The predicted molar refractivity (Wildman–Crippen MR) is 89.5 cm³/mol. The van der Waals surface area contributed by atoms with Crippen LogP contribution in [0.5, 0.6) is 0 Å². The molecule has 2 atom stereocenters. The minimum atomic E-state index is -3.19. The van der Waals surface area contributed by atoms with Crippen molar-refractivity contribution in [2.24, 2.45) is 5.41 Å². The average molecular weight is 343 g/mol. The van der Waals surface area contributed by atoms with Gasteiger partial charge in [-0.25, -0.2) is 8.42 Å². The van der Waals surface area contributed by atoms with Gasteiger partial charge in [-0.15, -0.1) is 0 Å². The first-order valence-corrected chi connectivity index (χ1v) is 10.4. The zero-order valence-electron chi connectivity index (χ0n) is 14.3. The molecule has 0 unspecified atom stereocenters. The molecule has 0 bridgehead atoms. The summed E-state index contributed by atoms with van der Waals surface area (Å²) in [6.45, 7) is 1.42. The summed E-state index contributed by atoms with van der Waals surface area (Å²) in [6, 6.07) is 0.0270. The van der Waals surface area contributed by atoms with Gasteiger partial charge in [0.1, 0.15) is 0 Å². The maximum Gasteiger partial charge on any atom is 0.227 e. The Hall–Kier alpha value is -0.660. The summed E-state index contributed by atoms with van der Waals surface area (Å²) in [7, 11) is 0.773. The molecular formula is C16H29N3O3S. The molecule has 132 valence electrons. The summed E-state index contributed by atoms with van der Waals surface area (Å²) in [5, 5.41) is 3.08. The van der Waals surface area contributed by atoms with E-state index < -0.39 is 15.4 Å². The van der Waals surface area contributed by atoms with Gasteiger partial charge in [-0.1, -0.05) is 12.8 Å². The quantitative estimate of drug-likeness (QED) is 0.801. The van der Waals surface area contributed by atoms with Gasteiger partial charge in [-0.2, -0.15) is 4.31 Å². The number of sulfonamides is 1. The summed E-state index contributed by atoms with van der Waals surface area (Å²) in [4.78, 5) is 15.0. The highest BCUT2D eigenvalue weighted by atomic mass is 32.2. The van der Waals surface area contributed by atoms with Crippen LogP contribution in [0.2, 0.25) is 0 Å². The summed E-state index contributed by atoms with van der Waals surface area (Å²) in [6.07, 6.45) is 6.09. The molecule has 3 aliphatic rings. The third-order valence-corrected chi connectivity index (χ3v) is 7.54. The molecule has 0 aromatic carbocycles. The zero-order chi connectivity index (χ0) is 16.7. The van der Waals surface area contributed by atoms with Gasteiger partial charge in [-0.05, 0) is 46.2 Å². The first-order chi connectivity index (χ1) is 10.9. The van der Waals surface area contributed by atoms with E-state index in [9.17, 15) is 13.2 Å². The van der Waals surface area contributed by atoms with Gasteiger partial charge in [0.25, 0.3) is 0 Å². The molecule has 3 rings (SSSR count).